The van der Waals surface area contributed by atoms with Crippen LogP contribution in [0.15, 0.2) is 0 Å². The summed E-state index contributed by atoms with van der Waals surface area (Å²) in [6, 6.07) is 0. The van der Waals surface area contributed by atoms with E-state index in [1.54, 1.807) is 0 Å². The third-order valence-corrected chi connectivity index (χ3v) is 6.12. The van der Waals surface area contributed by atoms with Gasteiger partial charge in [0, 0.05) is 18.3 Å². The Balaban J connectivity index is 1.82. The number of hydrogen-bond acceptors (Lipinski definition) is 5. The molecule has 1 aliphatic carbocycles. The van der Waals surface area contributed by atoms with E-state index >= 15 is 0 Å². The van der Waals surface area contributed by atoms with Gasteiger partial charge in [0.05, 0.1) is 0 Å². The predicted octanol–water partition coefficient (Wildman–Crippen LogP) is 2.19. The van der Waals surface area contributed by atoms with E-state index in [9.17, 15) is 5.11 Å². The first-order chi connectivity index (χ1) is 9.46. The van der Waals surface area contributed by atoms with Gasteiger partial charge in [0.2, 0.25) is 5.79 Å². The van der Waals surface area contributed by atoms with Crippen molar-refractivity contribution in [3.05, 3.63) is 0 Å². The number of ether oxygens (including phenoxy) is 2. The molecular formula is C15H24O5. The highest BCUT2D eigenvalue weighted by molar-refractivity contribution is 5.08. The van der Waals surface area contributed by atoms with Crippen LogP contribution in [0, 0.1) is 23.7 Å². The lowest BCUT2D eigenvalue weighted by atomic mass is 9.58. The molecule has 0 radical (unpaired) electrons. The third kappa shape index (κ3) is 1.56. The van der Waals surface area contributed by atoms with Crippen molar-refractivity contribution in [2.24, 2.45) is 23.7 Å². The average molecular weight is 284 g/mol. The monoisotopic (exact) mass is 284 g/mol. The van der Waals surface area contributed by atoms with Gasteiger partial charge < -0.3 is 14.6 Å². The maximum atomic E-state index is 10.2. The van der Waals surface area contributed by atoms with Crippen LogP contribution in [0.3, 0.4) is 0 Å². The van der Waals surface area contributed by atoms with Gasteiger partial charge in [-0.1, -0.05) is 13.8 Å². The molecule has 20 heavy (non-hydrogen) atoms. The van der Waals surface area contributed by atoms with E-state index in [0.717, 1.165) is 19.3 Å². The van der Waals surface area contributed by atoms with Crippen molar-refractivity contribution in [3.63, 3.8) is 0 Å². The van der Waals surface area contributed by atoms with Crippen LogP contribution in [0.25, 0.3) is 0 Å². The van der Waals surface area contributed by atoms with Crippen LogP contribution in [0.4, 0.5) is 0 Å². The second kappa shape index (κ2) is 4.17. The van der Waals surface area contributed by atoms with Crippen molar-refractivity contribution in [1.82, 2.24) is 0 Å². The molecule has 1 spiro atoms. The summed E-state index contributed by atoms with van der Waals surface area (Å²) < 4.78 is 11.9. The SMILES string of the molecule is CC1CCC2[C@@H](C)C(O)OC3O[C@@]4(C)CCC1[C@]32OO4. The molecule has 0 amide bonds. The lowest BCUT2D eigenvalue weighted by Gasteiger charge is -2.59. The summed E-state index contributed by atoms with van der Waals surface area (Å²) in [5.74, 6) is 0.437. The smallest absolute Gasteiger partial charge is 0.201 e. The lowest BCUT2D eigenvalue weighted by molar-refractivity contribution is -0.576. The minimum Gasteiger partial charge on any atom is -0.368 e. The van der Waals surface area contributed by atoms with Gasteiger partial charge in [0.25, 0.3) is 0 Å². The zero-order valence-electron chi connectivity index (χ0n) is 12.4. The number of aliphatic hydroxyl groups excluding tert-OH is 1. The Labute approximate surface area is 119 Å². The molecule has 1 saturated carbocycles. The summed E-state index contributed by atoms with van der Waals surface area (Å²) in [6.45, 7) is 6.22. The molecule has 4 saturated heterocycles. The van der Waals surface area contributed by atoms with E-state index in [1.165, 1.54) is 6.42 Å². The maximum absolute atomic E-state index is 10.2. The number of fused-ring (bicyclic) bond motifs is 2. The molecule has 8 atom stereocenters. The minimum atomic E-state index is -0.781. The third-order valence-electron chi connectivity index (χ3n) is 6.12. The molecule has 0 aromatic heterocycles. The summed E-state index contributed by atoms with van der Waals surface area (Å²) in [4.78, 5) is 11.6. The number of hydrogen-bond donors (Lipinski definition) is 1. The van der Waals surface area contributed by atoms with Crippen LogP contribution < -0.4 is 0 Å². The molecule has 4 heterocycles. The summed E-state index contributed by atoms with van der Waals surface area (Å²) >= 11 is 0. The van der Waals surface area contributed by atoms with Gasteiger partial charge in [-0.25, -0.2) is 9.78 Å². The minimum absolute atomic E-state index is 0.0379. The van der Waals surface area contributed by atoms with Crippen LogP contribution in [-0.4, -0.2) is 29.1 Å². The number of aliphatic hydroxyl groups is 1. The predicted molar refractivity (Wildman–Crippen MR) is 69.0 cm³/mol. The molecule has 5 nitrogen and oxygen atoms in total. The molecule has 0 aromatic rings. The molecule has 2 bridgehead atoms. The Morgan fingerprint density at radius 3 is 2.65 bits per heavy atom. The first-order valence-corrected chi connectivity index (χ1v) is 7.84. The summed E-state index contributed by atoms with van der Waals surface area (Å²) in [6.07, 6.45) is 2.72. The van der Waals surface area contributed by atoms with Crippen molar-refractivity contribution in [1.29, 1.82) is 0 Å². The van der Waals surface area contributed by atoms with Crippen LogP contribution in [0.5, 0.6) is 0 Å². The Kier molecular flexibility index (Phi) is 2.81. The first-order valence-electron chi connectivity index (χ1n) is 7.84. The quantitative estimate of drug-likeness (QED) is 0.691. The maximum Gasteiger partial charge on any atom is 0.201 e. The van der Waals surface area contributed by atoms with E-state index in [0.29, 0.717) is 11.8 Å². The van der Waals surface area contributed by atoms with E-state index in [1.807, 2.05) is 13.8 Å². The van der Waals surface area contributed by atoms with Crippen LogP contribution in [0.1, 0.15) is 46.5 Å². The molecule has 1 N–H and O–H groups in total. The van der Waals surface area contributed by atoms with Crippen molar-refractivity contribution < 1.29 is 24.4 Å². The van der Waals surface area contributed by atoms with Gasteiger partial charge in [-0.05, 0) is 38.0 Å². The summed E-state index contributed by atoms with van der Waals surface area (Å²) in [5.41, 5.74) is -0.549. The van der Waals surface area contributed by atoms with Crippen LogP contribution >= 0.6 is 0 Å². The fourth-order valence-corrected chi connectivity index (χ4v) is 4.89. The number of rotatable bonds is 0. The lowest BCUT2D eigenvalue weighted by Crippen LogP contribution is -2.70. The van der Waals surface area contributed by atoms with Crippen LogP contribution in [0.2, 0.25) is 0 Å². The highest BCUT2D eigenvalue weighted by Crippen LogP contribution is 2.60. The van der Waals surface area contributed by atoms with Gasteiger partial charge in [-0.3, -0.25) is 0 Å². The molecule has 5 heteroatoms. The Bertz CT molecular complexity index is 411. The summed E-state index contributed by atoms with van der Waals surface area (Å²) in [7, 11) is 0. The van der Waals surface area contributed by atoms with Gasteiger partial charge in [0.1, 0.15) is 0 Å². The Hall–Kier alpha value is -0.200. The Morgan fingerprint density at radius 2 is 1.85 bits per heavy atom. The van der Waals surface area contributed by atoms with Crippen molar-refractivity contribution in [2.45, 2.75) is 70.4 Å². The molecular weight excluding hydrogens is 260 g/mol. The van der Waals surface area contributed by atoms with E-state index < -0.39 is 24.0 Å². The molecule has 4 aliphatic heterocycles. The molecule has 5 fully saturated rings. The Morgan fingerprint density at radius 1 is 1.05 bits per heavy atom. The van der Waals surface area contributed by atoms with Crippen LogP contribution in [-0.2, 0) is 19.2 Å². The highest BCUT2D eigenvalue weighted by Gasteiger charge is 2.69. The van der Waals surface area contributed by atoms with Crippen molar-refractivity contribution in [2.75, 3.05) is 0 Å². The molecule has 114 valence electrons. The molecule has 0 aromatic carbocycles. The van der Waals surface area contributed by atoms with E-state index in [2.05, 4.69) is 6.92 Å². The first kappa shape index (κ1) is 13.5. The zero-order valence-corrected chi connectivity index (χ0v) is 12.4. The van der Waals surface area contributed by atoms with Gasteiger partial charge in [0.15, 0.2) is 18.2 Å². The molecule has 5 rings (SSSR count). The standard InChI is InChI=1S/C15H24O5/c1-8-4-5-11-9(2)12(16)17-13-15(11)10(8)6-7-14(3,18-13)19-20-15/h8-13,16H,4-7H2,1-3H3/t8?,9-,10?,11?,12?,13?,14-,15-/m1/s1. The molecule has 5 aliphatic rings. The second-order valence-corrected chi connectivity index (χ2v) is 7.30. The van der Waals surface area contributed by atoms with E-state index in [-0.39, 0.29) is 11.8 Å². The fraction of sp³-hybridized carbons (Fsp3) is 1.00. The normalized spacial score (nSPS) is 61.8. The van der Waals surface area contributed by atoms with Crippen molar-refractivity contribution in [3.8, 4) is 0 Å². The van der Waals surface area contributed by atoms with Gasteiger partial charge in [-0.15, -0.1) is 0 Å². The fourth-order valence-electron chi connectivity index (χ4n) is 4.89. The van der Waals surface area contributed by atoms with Crippen molar-refractivity contribution >= 4 is 0 Å². The molecule has 5 unspecified atom stereocenters. The average Bonchev–Trinajstić information content (AvgIpc) is 2.63. The second-order valence-electron chi connectivity index (χ2n) is 7.30. The van der Waals surface area contributed by atoms with Gasteiger partial charge in [-0.2, -0.15) is 0 Å². The topological polar surface area (TPSA) is 57.2 Å². The van der Waals surface area contributed by atoms with E-state index in [4.69, 9.17) is 19.2 Å². The summed E-state index contributed by atoms with van der Waals surface area (Å²) in [5, 5.41) is 10.2. The van der Waals surface area contributed by atoms with Gasteiger partial charge >= 0.3 is 0 Å². The highest BCUT2D eigenvalue weighted by atomic mass is 17.3. The zero-order chi connectivity index (χ0) is 14.1. The largest absolute Gasteiger partial charge is 0.368 e.